The van der Waals surface area contributed by atoms with Crippen molar-refractivity contribution < 1.29 is 13.3 Å². The minimum atomic E-state index is -3.37. The molecule has 0 aliphatic carbocycles. The van der Waals surface area contributed by atoms with E-state index in [1.54, 1.807) is 16.4 Å². The van der Waals surface area contributed by atoms with Crippen LogP contribution < -0.4 is 4.90 Å². The zero-order chi connectivity index (χ0) is 16.7. The summed E-state index contributed by atoms with van der Waals surface area (Å²) in [6, 6.07) is 9.45. The van der Waals surface area contributed by atoms with Crippen molar-refractivity contribution in [2.24, 2.45) is 0 Å². The van der Waals surface area contributed by atoms with Crippen LogP contribution in [-0.4, -0.2) is 45.4 Å². The fourth-order valence-electron chi connectivity index (χ4n) is 2.98. The summed E-state index contributed by atoms with van der Waals surface area (Å²) >= 11 is 0. The van der Waals surface area contributed by atoms with E-state index in [9.17, 15) is 8.42 Å². The van der Waals surface area contributed by atoms with Gasteiger partial charge in [0.15, 0.2) is 0 Å². The van der Waals surface area contributed by atoms with Crippen LogP contribution in [0.2, 0.25) is 0 Å². The Balaban J connectivity index is 1.94. The fourth-order valence-corrected chi connectivity index (χ4v) is 4.42. The van der Waals surface area contributed by atoms with E-state index in [0.29, 0.717) is 24.4 Å². The van der Waals surface area contributed by atoms with Crippen molar-refractivity contribution in [3.8, 4) is 6.07 Å². The maximum Gasteiger partial charge on any atom is 0.243 e. The summed E-state index contributed by atoms with van der Waals surface area (Å²) in [6.07, 6.45) is 3.50. The molecule has 1 aromatic rings. The van der Waals surface area contributed by atoms with E-state index in [0.717, 1.165) is 38.9 Å². The van der Waals surface area contributed by atoms with Gasteiger partial charge in [0.1, 0.15) is 0 Å². The molecule has 0 spiro atoms. The van der Waals surface area contributed by atoms with Crippen molar-refractivity contribution in [3.63, 3.8) is 0 Å². The van der Waals surface area contributed by atoms with Crippen molar-refractivity contribution in [2.45, 2.75) is 37.5 Å². The third kappa shape index (κ3) is 4.77. The number of unbranched alkanes of at least 4 members (excludes halogenated alkanes) is 1. The number of aryl methyl sites for hydroxylation is 1. The van der Waals surface area contributed by atoms with Gasteiger partial charge < -0.3 is 4.90 Å². The molecule has 1 aliphatic rings. The fraction of sp³-hybridized carbons (Fsp3) is 0.588. The van der Waals surface area contributed by atoms with Crippen LogP contribution in [0.3, 0.4) is 0 Å². The number of sulfonamides is 1. The van der Waals surface area contributed by atoms with E-state index >= 15 is 0 Å². The van der Waals surface area contributed by atoms with Gasteiger partial charge in [0.25, 0.3) is 0 Å². The number of nitrogens with one attached hydrogen (secondary N) is 1. The van der Waals surface area contributed by atoms with Crippen LogP contribution in [0.25, 0.3) is 0 Å². The minimum Gasteiger partial charge on any atom is -0.333 e. The number of rotatable bonds is 7. The van der Waals surface area contributed by atoms with Gasteiger partial charge in [-0.2, -0.15) is 9.57 Å². The van der Waals surface area contributed by atoms with Crippen molar-refractivity contribution in [1.82, 2.24) is 4.31 Å². The first-order chi connectivity index (χ1) is 11.1. The molecule has 1 aliphatic heterocycles. The Morgan fingerprint density at radius 1 is 1.22 bits per heavy atom. The highest BCUT2D eigenvalue weighted by molar-refractivity contribution is 7.89. The van der Waals surface area contributed by atoms with Gasteiger partial charge in [-0.3, -0.25) is 0 Å². The quantitative estimate of drug-likeness (QED) is 0.750. The molecule has 126 valence electrons. The van der Waals surface area contributed by atoms with Crippen LogP contribution in [0.1, 0.15) is 31.7 Å². The van der Waals surface area contributed by atoms with Crippen LogP contribution in [0, 0.1) is 11.3 Å². The topological polar surface area (TPSA) is 65.6 Å². The monoisotopic (exact) mass is 336 g/mol. The van der Waals surface area contributed by atoms with Gasteiger partial charge in [0.2, 0.25) is 10.0 Å². The molecule has 1 heterocycles. The van der Waals surface area contributed by atoms with Gasteiger partial charge in [-0.1, -0.05) is 25.5 Å². The van der Waals surface area contributed by atoms with Crippen LogP contribution in [-0.2, 0) is 16.4 Å². The molecule has 2 rings (SSSR count). The van der Waals surface area contributed by atoms with E-state index in [2.05, 4.69) is 13.0 Å². The molecule has 0 bridgehead atoms. The zero-order valence-electron chi connectivity index (χ0n) is 13.8. The number of nitriles is 1. The molecule has 5 nitrogen and oxygen atoms in total. The van der Waals surface area contributed by atoms with Gasteiger partial charge in [-0.05, 0) is 24.1 Å². The van der Waals surface area contributed by atoms with Crippen molar-refractivity contribution in [1.29, 1.82) is 5.26 Å². The molecule has 0 saturated carbocycles. The van der Waals surface area contributed by atoms with Crippen LogP contribution in [0.5, 0.6) is 0 Å². The van der Waals surface area contributed by atoms with Gasteiger partial charge in [-0.25, -0.2) is 8.42 Å². The number of quaternary nitrogens is 1. The predicted octanol–water partition coefficient (Wildman–Crippen LogP) is 0.832. The highest BCUT2D eigenvalue weighted by Gasteiger charge is 2.30. The van der Waals surface area contributed by atoms with Crippen LogP contribution in [0.4, 0.5) is 0 Å². The smallest absolute Gasteiger partial charge is 0.243 e. The average Bonchev–Trinajstić information content (AvgIpc) is 2.56. The molecule has 0 unspecified atom stereocenters. The third-order valence-corrected chi connectivity index (χ3v) is 6.26. The van der Waals surface area contributed by atoms with Crippen LogP contribution >= 0.6 is 0 Å². The Morgan fingerprint density at radius 3 is 2.43 bits per heavy atom. The lowest BCUT2D eigenvalue weighted by atomic mass is 10.1. The summed E-state index contributed by atoms with van der Waals surface area (Å²) in [5.41, 5.74) is 1.18. The largest absolute Gasteiger partial charge is 0.333 e. The summed E-state index contributed by atoms with van der Waals surface area (Å²) < 4.78 is 27.0. The number of piperazine rings is 1. The number of hydrogen-bond acceptors (Lipinski definition) is 3. The van der Waals surface area contributed by atoms with E-state index in [-0.39, 0.29) is 0 Å². The van der Waals surface area contributed by atoms with Gasteiger partial charge in [0, 0.05) is 12.8 Å². The molecule has 6 heteroatoms. The van der Waals surface area contributed by atoms with Crippen LogP contribution in [0.15, 0.2) is 29.2 Å². The Kier molecular flexibility index (Phi) is 6.58. The minimum absolute atomic E-state index is 0.394. The lowest BCUT2D eigenvalue weighted by molar-refractivity contribution is -0.903. The lowest BCUT2D eigenvalue weighted by Crippen LogP contribution is -3.14. The molecule has 0 amide bonds. The second-order valence-corrected chi connectivity index (χ2v) is 8.00. The predicted molar refractivity (Wildman–Crippen MR) is 89.6 cm³/mol. The average molecular weight is 336 g/mol. The number of benzene rings is 1. The van der Waals surface area contributed by atoms with E-state index in [1.807, 2.05) is 12.1 Å². The molecular formula is C17H26N3O2S+. The molecule has 0 radical (unpaired) electrons. The molecule has 1 fully saturated rings. The second-order valence-electron chi connectivity index (χ2n) is 6.06. The summed E-state index contributed by atoms with van der Waals surface area (Å²) in [7, 11) is -3.37. The Labute approximate surface area is 139 Å². The normalized spacial score (nSPS) is 17.0. The third-order valence-electron chi connectivity index (χ3n) is 4.35. The number of nitrogens with zero attached hydrogens (tertiary/aromatic N) is 2. The first-order valence-corrected chi connectivity index (χ1v) is 9.81. The molecular weight excluding hydrogens is 310 g/mol. The molecule has 1 aromatic carbocycles. The van der Waals surface area contributed by atoms with E-state index in [1.165, 1.54) is 10.5 Å². The van der Waals surface area contributed by atoms with E-state index in [4.69, 9.17) is 5.26 Å². The van der Waals surface area contributed by atoms with Crippen molar-refractivity contribution in [3.05, 3.63) is 29.8 Å². The SMILES string of the molecule is CCCc1ccc(S(=O)(=O)N2CC[NH+](CCCC#N)CC2)cc1. The maximum atomic E-state index is 12.7. The standard InChI is InChI=1S/C17H25N3O2S/c1-2-5-16-6-8-17(9-7-16)23(21,22)20-14-12-19(13-15-20)11-4-3-10-18/h6-9H,2-5,11-15H2,1H3/p+1. The van der Waals surface area contributed by atoms with Crippen molar-refractivity contribution >= 4 is 10.0 Å². The Bertz CT molecular complexity index is 627. The summed E-state index contributed by atoms with van der Waals surface area (Å²) in [5.74, 6) is 0. The second kappa shape index (κ2) is 8.44. The summed E-state index contributed by atoms with van der Waals surface area (Å²) in [4.78, 5) is 1.79. The summed E-state index contributed by atoms with van der Waals surface area (Å²) in [5, 5.41) is 8.58. The zero-order valence-corrected chi connectivity index (χ0v) is 14.6. The van der Waals surface area contributed by atoms with Gasteiger partial charge in [-0.15, -0.1) is 0 Å². The molecule has 0 aromatic heterocycles. The highest BCUT2D eigenvalue weighted by Crippen LogP contribution is 2.17. The van der Waals surface area contributed by atoms with Crippen molar-refractivity contribution in [2.75, 3.05) is 32.7 Å². The molecule has 23 heavy (non-hydrogen) atoms. The molecule has 1 N–H and O–H groups in total. The van der Waals surface area contributed by atoms with Gasteiger partial charge >= 0.3 is 0 Å². The van der Waals surface area contributed by atoms with Gasteiger partial charge in [0.05, 0.1) is 43.7 Å². The molecule has 1 saturated heterocycles. The molecule has 0 atom stereocenters. The Hall–Kier alpha value is -1.42. The summed E-state index contributed by atoms with van der Waals surface area (Å²) in [6.45, 7) is 5.81. The first-order valence-electron chi connectivity index (χ1n) is 8.37. The Morgan fingerprint density at radius 2 is 1.87 bits per heavy atom. The first kappa shape index (κ1) is 17.9. The highest BCUT2D eigenvalue weighted by atomic mass is 32.2. The lowest BCUT2D eigenvalue weighted by Gasteiger charge is -2.31. The number of hydrogen-bond donors (Lipinski definition) is 1. The maximum absolute atomic E-state index is 12.7. The van der Waals surface area contributed by atoms with E-state index < -0.39 is 10.0 Å².